The van der Waals surface area contributed by atoms with Crippen molar-refractivity contribution in [1.29, 1.82) is 0 Å². The van der Waals surface area contributed by atoms with Crippen LogP contribution in [0.25, 0.3) is 10.2 Å². The van der Waals surface area contributed by atoms with Gasteiger partial charge in [-0.1, -0.05) is 0 Å². The summed E-state index contributed by atoms with van der Waals surface area (Å²) in [7, 11) is 1.71. The molecule has 17 heavy (non-hydrogen) atoms. The molecule has 0 fully saturated rings. The van der Waals surface area contributed by atoms with Gasteiger partial charge in [-0.15, -0.1) is 0 Å². The molecule has 0 aliphatic carbocycles. The van der Waals surface area contributed by atoms with Gasteiger partial charge in [0.2, 0.25) is 0 Å². The lowest BCUT2D eigenvalue weighted by Gasteiger charge is -2.14. The highest BCUT2D eigenvalue weighted by atomic mass is 32.1. The summed E-state index contributed by atoms with van der Waals surface area (Å²) in [6.45, 7) is 4.83. The van der Waals surface area contributed by atoms with Crippen molar-refractivity contribution in [2.45, 2.75) is 26.3 Å². The lowest BCUT2D eigenvalue weighted by Crippen LogP contribution is -2.18. The van der Waals surface area contributed by atoms with Crippen LogP contribution in [0.4, 0.5) is 5.82 Å². The molecule has 0 saturated carbocycles. The van der Waals surface area contributed by atoms with E-state index in [9.17, 15) is 0 Å². The molecule has 0 bridgehead atoms. The molecule has 2 heterocycles. The number of rotatable bonds is 5. The number of hydrogen-bond donors (Lipinski definition) is 1. The first-order valence-electron chi connectivity index (χ1n) is 5.55. The summed E-state index contributed by atoms with van der Waals surface area (Å²) < 4.78 is 9.36. The summed E-state index contributed by atoms with van der Waals surface area (Å²) in [5.41, 5.74) is 0.979. The van der Waals surface area contributed by atoms with Crippen molar-refractivity contribution in [3.05, 3.63) is 12.0 Å². The Balaban J connectivity index is 2.20. The fraction of sp³-hybridized carbons (Fsp3) is 0.545. The number of methoxy groups -OCH3 is 1. The van der Waals surface area contributed by atoms with Crippen molar-refractivity contribution in [3.63, 3.8) is 0 Å². The highest BCUT2D eigenvalue weighted by Gasteiger charge is 2.11. The van der Waals surface area contributed by atoms with E-state index in [1.807, 2.05) is 6.92 Å². The first-order chi connectivity index (χ1) is 8.22. The van der Waals surface area contributed by atoms with Gasteiger partial charge in [0.1, 0.15) is 17.0 Å². The molecule has 0 aliphatic rings. The summed E-state index contributed by atoms with van der Waals surface area (Å²) >= 11 is 1.41. The van der Waals surface area contributed by atoms with Crippen LogP contribution >= 0.6 is 11.5 Å². The summed E-state index contributed by atoms with van der Waals surface area (Å²) in [4.78, 5) is 9.43. The van der Waals surface area contributed by atoms with E-state index in [1.165, 1.54) is 11.5 Å². The SMILES string of the molecule is COCCC(C)Nc1ncnc2snc(C)c12. The predicted molar refractivity (Wildman–Crippen MR) is 69.5 cm³/mol. The molecule has 0 amide bonds. The minimum Gasteiger partial charge on any atom is -0.385 e. The summed E-state index contributed by atoms with van der Waals surface area (Å²) in [5.74, 6) is 0.866. The maximum atomic E-state index is 5.06. The standard InChI is InChI=1S/C11H16N4OS/c1-7(4-5-16-3)14-10-9-8(2)15-17-11(9)13-6-12-10/h6-7H,4-5H2,1-3H3,(H,12,13,14). The van der Waals surface area contributed by atoms with Gasteiger partial charge in [0.05, 0.1) is 11.1 Å². The molecule has 5 nitrogen and oxygen atoms in total. The maximum Gasteiger partial charge on any atom is 0.149 e. The van der Waals surface area contributed by atoms with Crippen molar-refractivity contribution in [1.82, 2.24) is 14.3 Å². The molecule has 1 N–H and O–H groups in total. The van der Waals surface area contributed by atoms with Gasteiger partial charge in [-0.2, -0.15) is 4.37 Å². The number of hydrogen-bond acceptors (Lipinski definition) is 6. The highest BCUT2D eigenvalue weighted by Crippen LogP contribution is 2.26. The van der Waals surface area contributed by atoms with Gasteiger partial charge in [-0.25, -0.2) is 9.97 Å². The van der Waals surface area contributed by atoms with E-state index < -0.39 is 0 Å². The Morgan fingerprint density at radius 3 is 3.06 bits per heavy atom. The molecule has 0 radical (unpaired) electrons. The van der Waals surface area contributed by atoms with Crippen molar-refractivity contribution in [3.8, 4) is 0 Å². The molecular formula is C11H16N4OS. The minimum absolute atomic E-state index is 0.312. The predicted octanol–water partition coefficient (Wildman–Crippen LogP) is 2.23. The Morgan fingerprint density at radius 2 is 2.29 bits per heavy atom. The molecule has 1 atom stereocenters. The van der Waals surface area contributed by atoms with Crippen LogP contribution in [0, 0.1) is 6.92 Å². The maximum absolute atomic E-state index is 5.06. The van der Waals surface area contributed by atoms with Gasteiger partial charge in [0.25, 0.3) is 0 Å². The molecule has 0 aliphatic heterocycles. The van der Waals surface area contributed by atoms with Gasteiger partial charge in [-0.05, 0) is 31.8 Å². The quantitative estimate of drug-likeness (QED) is 0.884. The van der Waals surface area contributed by atoms with Crippen molar-refractivity contribution in [2.75, 3.05) is 19.0 Å². The molecule has 92 valence electrons. The number of fused-ring (bicyclic) bond motifs is 1. The second-order valence-corrected chi connectivity index (χ2v) is 4.75. The average Bonchev–Trinajstić information content (AvgIpc) is 2.70. The van der Waals surface area contributed by atoms with Crippen molar-refractivity contribution >= 4 is 27.6 Å². The largest absolute Gasteiger partial charge is 0.385 e. The molecule has 2 aromatic rings. The number of ether oxygens (including phenoxy) is 1. The van der Waals surface area contributed by atoms with E-state index in [2.05, 4.69) is 26.6 Å². The summed E-state index contributed by atoms with van der Waals surface area (Å²) in [6.07, 6.45) is 2.52. The number of anilines is 1. The topological polar surface area (TPSA) is 59.9 Å². The molecule has 1 unspecified atom stereocenters. The van der Waals surface area contributed by atoms with E-state index >= 15 is 0 Å². The second kappa shape index (κ2) is 5.37. The third-order valence-electron chi connectivity index (χ3n) is 2.58. The van der Waals surface area contributed by atoms with Gasteiger partial charge < -0.3 is 10.1 Å². The third kappa shape index (κ3) is 2.70. The number of aryl methyl sites for hydroxylation is 1. The first kappa shape index (κ1) is 12.2. The lowest BCUT2D eigenvalue weighted by atomic mass is 10.2. The Labute approximate surface area is 104 Å². The molecule has 0 aromatic carbocycles. The Hall–Kier alpha value is -1.27. The zero-order valence-electron chi connectivity index (χ0n) is 10.2. The smallest absolute Gasteiger partial charge is 0.149 e. The highest BCUT2D eigenvalue weighted by molar-refractivity contribution is 7.13. The molecule has 0 saturated heterocycles. The fourth-order valence-electron chi connectivity index (χ4n) is 1.63. The fourth-order valence-corrected chi connectivity index (χ4v) is 2.38. The molecule has 2 aromatic heterocycles. The van der Waals surface area contributed by atoms with Crippen LogP contribution in [0.1, 0.15) is 19.0 Å². The van der Waals surface area contributed by atoms with Crippen LogP contribution in [-0.4, -0.2) is 34.1 Å². The number of nitrogens with zero attached hydrogens (tertiary/aromatic N) is 3. The molecule has 2 rings (SSSR count). The van der Waals surface area contributed by atoms with E-state index in [0.29, 0.717) is 6.04 Å². The molecule has 0 spiro atoms. The third-order valence-corrected chi connectivity index (χ3v) is 3.43. The van der Waals surface area contributed by atoms with Crippen LogP contribution in [0.15, 0.2) is 6.33 Å². The zero-order valence-corrected chi connectivity index (χ0v) is 11.0. The van der Waals surface area contributed by atoms with Crippen LogP contribution in [-0.2, 0) is 4.74 Å². The van der Waals surface area contributed by atoms with Crippen LogP contribution in [0.3, 0.4) is 0 Å². The molecular weight excluding hydrogens is 236 g/mol. The normalized spacial score (nSPS) is 12.9. The van der Waals surface area contributed by atoms with Gasteiger partial charge in [-0.3, -0.25) is 0 Å². The van der Waals surface area contributed by atoms with E-state index in [1.54, 1.807) is 13.4 Å². The summed E-state index contributed by atoms with van der Waals surface area (Å²) in [6, 6.07) is 0.312. The van der Waals surface area contributed by atoms with Crippen LogP contribution in [0.5, 0.6) is 0 Å². The van der Waals surface area contributed by atoms with E-state index in [0.717, 1.165) is 34.8 Å². The second-order valence-electron chi connectivity index (χ2n) is 4.00. The lowest BCUT2D eigenvalue weighted by molar-refractivity contribution is 0.191. The number of nitrogens with one attached hydrogen (secondary N) is 1. The van der Waals surface area contributed by atoms with E-state index in [-0.39, 0.29) is 0 Å². The van der Waals surface area contributed by atoms with Crippen LogP contribution in [0.2, 0.25) is 0 Å². The van der Waals surface area contributed by atoms with Crippen LogP contribution < -0.4 is 5.32 Å². The van der Waals surface area contributed by atoms with Crippen molar-refractivity contribution < 1.29 is 4.74 Å². The first-order valence-corrected chi connectivity index (χ1v) is 6.32. The Kier molecular flexibility index (Phi) is 3.86. The van der Waals surface area contributed by atoms with Crippen molar-refractivity contribution in [2.24, 2.45) is 0 Å². The summed E-state index contributed by atoms with van der Waals surface area (Å²) in [5, 5.41) is 4.41. The monoisotopic (exact) mass is 252 g/mol. The Morgan fingerprint density at radius 1 is 1.47 bits per heavy atom. The van der Waals surface area contributed by atoms with E-state index in [4.69, 9.17) is 4.74 Å². The Bertz CT molecular complexity index is 499. The molecule has 6 heteroatoms. The van der Waals surface area contributed by atoms with Gasteiger partial charge in [0.15, 0.2) is 0 Å². The van der Waals surface area contributed by atoms with Gasteiger partial charge >= 0.3 is 0 Å². The average molecular weight is 252 g/mol. The minimum atomic E-state index is 0.312. The zero-order chi connectivity index (χ0) is 12.3. The number of aromatic nitrogens is 3. The van der Waals surface area contributed by atoms with Gasteiger partial charge in [0, 0.05) is 19.8 Å².